The molecule has 9 heteroatoms. The van der Waals surface area contributed by atoms with E-state index >= 15 is 0 Å². The van der Waals surface area contributed by atoms with Crippen LogP contribution in [-0.2, 0) is 10.0 Å². The summed E-state index contributed by atoms with van der Waals surface area (Å²) in [7, 11) is -1.51. The van der Waals surface area contributed by atoms with Gasteiger partial charge < -0.3 is 5.32 Å². The zero-order valence-corrected chi connectivity index (χ0v) is 16.2. The van der Waals surface area contributed by atoms with Gasteiger partial charge in [-0.3, -0.25) is 0 Å². The Morgan fingerprint density at radius 3 is 2.83 bits per heavy atom. The Kier molecular flexibility index (Phi) is 6.21. The molecule has 2 aromatic heterocycles. The number of hydrogen-bond donors (Lipinski definition) is 1. The van der Waals surface area contributed by atoms with Crippen LogP contribution in [0.3, 0.4) is 0 Å². The Morgan fingerprint density at radius 1 is 1.39 bits per heavy atom. The summed E-state index contributed by atoms with van der Waals surface area (Å²) in [5.74, 6) is 0. The van der Waals surface area contributed by atoms with Crippen molar-refractivity contribution in [2.45, 2.75) is 30.0 Å². The lowest BCUT2D eigenvalue weighted by molar-refractivity contribution is 0.293. The molecular formula is C14H20ClN3O2S3. The van der Waals surface area contributed by atoms with Crippen molar-refractivity contribution in [2.24, 2.45) is 0 Å². The molecule has 1 N–H and O–H groups in total. The average Bonchev–Trinajstić information content (AvgIpc) is 3.16. The number of nitrogens with one attached hydrogen (secondary N) is 1. The number of likely N-dealkylation sites (N-methyl/N-ethyl adjacent to an activating group) is 1. The predicted octanol–water partition coefficient (Wildman–Crippen LogP) is 2.97. The number of nitrogens with zero attached hydrogens (tertiary/aromatic N) is 2. The maximum atomic E-state index is 12.8. The Labute approximate surface area is 151 Å². The lowest BCUT2D eigenvalue weighted by Gasteiger charge is -2.31. The van der Waals surface area contributed by atoms with Crippen molar-refractivity contribution < 1.29 is 8.42 Å². The van der Waals surface area contributed by atoms with E-state index in [1.54, 1.807) is 21.7 Å². The first-order valence-electron chi connectivity index (χ1n) is 7.20. The predicted molar refractivity (Wildman–Crippen MR) is 98.3 cm³/mol. The van der Waals surface area contributed by atoms with Gasteiger partial charge in [0.1, 0.15) is 4.21 Å². The van der Waals surface area contributed by atoms with Crippen LogP contribution < -0.4 is 5.32 Å². The van der Waals surface area contributed by atoms with E-state index in [2.05, 4.69) is 10.3 Å². The minimum atomic E-state index is -3.40. The normalized spacial score (nSPS) is 19.5. The fraction of sp³-hybridized carbons (Fsp3) is 0.500. The minimum Gasteiger partial charge on any atom is -0.316 e. The van der Waals surface area contributed by atoms with E-state index in [-0.39, 0.29) is 18.4 Å². The van der Waals surface area contributed by atoms with Crippen molar-refractivity contribution in [3.05, 3.63) is 22.5 Å². The van der Waals surface area contributed by atoms with Gasteiger partial charge in [0, 0.05) is 24.5 Å². The van der Waals surface area contributed by atoms with E-state index in [1.165, 1.54) is 11.3 Å². The van der Waals surface area contributed by atoms with Crippen LogP contribution in [0.15, 0.2) is 21.7 Å². The number of halogens is 1. The van der Waals surface area contributed by atoms with Gasteiger partial charge in [-0.15, -0.1) is 35.1 Å². The maximum absolute atomic E-state index is 12.8. The molecule has 23 heavy (non-hydrogen) atoms. The number of aromatic nitrogens is 1. The number of aryl methyl sites for hydroxylation is 1. The number of piperidine rings is 1. The number of thiazole rings is 1. The highest BCUT2D eigenvalue weighted by Crippen LogP contribution is 2.33. The third kappa shape index (κ3) is 3.94. The first-order chi connectivity index (χ1) is 10.5. The molecule has 3 rings (SSSR count). The van der Waals surface area contributed by atoms with E-state index in [4.69, 9.17) is 0 Å². The van der Waals surface area contributed by atoms with Crippen molar-refractivity contribution in [1.29, 1.82) is 0 Å². The zero-order valence-electron chi connectivity index (χ0n) is 13.0. The number of hydrogen-bond acceptors (Lipinski definition) is 6. The highest BCUT2D eigenvalue weighted by Gasteiger charge is 2.30. The van der Waals surface area contributed by atoms with Gasteiger partial charge in [-0.1, -0.05) is 0 Å². The van der Waals surface area contributed by atoms with Crippen LogP contribution in [-0.4, -0.2) is 43.9 Å². The second-order valence-electron chi connectivity index (χ2n) is 5.36. The molecule has 2 aromatic rings. The van der Waals surface area contributed by atoms with E-state index in [9.17, 15) is 8.42 Å². The van der Waals surface area contributed by atoms with Gasteiger partial charge in [0.2, 0.25) is 0 Å². The quantitative estimate of drug-likeness (QED) is 0.867. The molecule has 0 spiro atoms. The second kappa shape index (κ2) is 7.58. The molecule has 0 bridgehead atoms. The summed E-state index contributed by atoms with van der Waals surface area (Å²) < 4.78 is 27.6. The molecule has 0 aromatic carbocycles. The van der Waals surface area contributed by atoms with Gasteiger partial charge >= 0.3 is 0 Å². The van der Waals surface area contributed by atoms with Gasteiger partial charge in [-0.25, -0.2) is 13.4 Å². The number of rotatable bonds is 4. The SMILES string of the molecule is CNC1CCCN(S(=O)(=O)c2ccc(-c3csc(C)n3)s2)C1.Cl. The van der Waals surface area contributed by atoms with Crippen LogP contribution >= 0.6 is 35.1 Å². The van der Waals surface area contributed by atoms with Crippen LogP contribution in [0, 0.1) is 6.92 Å². The molecule has 1 atom stereocenters. The van der Waals surface area contributed by atoms with Crippen molar-refractivity contribution in [1.82, 2.24) is 14.6 Å². The standard InChI is InChI=1S/C14H19N3O2S3.ClH/c1-10-16-12(9-20-10)13-5-6-14(21-13)22(18,19)17-7-3-4-11(8-17)15-2;/h5-6,9,11,15H,3-4,7-8H2,1-2H3;1H. The summed E-state index contributed by atoms with van der Waals surface area (Å²) in [5.41, 5.74) is 0.862. The Hall–Kier alpha value is -0.510. The van der Waals surface area contributed by atoms with Gasteiger partial charge in [0.05, 0.1) is 15.6 Å². The van der Waals surface area contributed by atoms with Gasteiger partial charge in [-0.05, 0) is 38.9 Å². The average molecular weight is 394 g/mol. The van der Waals surface area contributed by atoms with Crippen LogP contribution in [0.25, 0.3) is 10.6 Å². The molecule has 1 saturated heterocycles. The molecule has 1 fully saturated rings. The lowest BCUT2D eigenvalue weighted by atomic mass is 10.1. The summed E-state index contributed by atoms with van der Waals surface area (Å²) in [6.07, 6.45) is 1.92. The summed E-state index contributed by atoms with van der Waals surface area (Å²) in [6, 6.07) is 3.79. The topological polar surface area (TPSA) is 62.3 Å². The van der Waals surface area contributed by atoms with Gasteiger partial charge in [0.25, 0.3) is 10.0 Å². The molecule has 1 aliphatic heterocycles. The Balaban J connectivity index is 0.00000192. The second-order valence-corrected chi connectivity index (χ2v) is 9.67. The number of thiophene rings is 1. The fourth-order valence-corrected chi connectivity index (χ4v) is 6.23. The zero-order chi connectivity index (χ0) is 15.7. The van der Waals surface area contributed by atoms with Crippen LogP contribution in [0.1, 0.15) is 17.8 Å². The third-order valence-corrected chi connectivity index (χ3v) is 8.05. The Bertz CT molecular complexity index is 757. The lowest BCUT2D eigenvalue weighted by Crippen LogP contribution is -2.46. The van der Waals surface area contributed by atoms with Crippen molar-refractivity contribution in [3.63, 3.8) is 0 Å². The molecule has 0 aliphatic carbocycles. The Morgan fingerprint density at radius 2 is 2.17 bits per heavy atom. The van der Waals surface area contributed by atoms with Gasteiger partial charge in [-0.2, -0.15) is 4.31 Å². The summed E-state index contributed by atoms with van der Waals surface area (Å²) in [6.45, 7) is 3.09. The fourth-order valence-electron chi connectivity index (χ4n) is 2.60. The summed E-state index contributed by atoms with van der Waals surface area (Å²) in [5, 5.41) is 6.13. The van der Waals surface area contributed by atoms with E-state index in [0.717, 1.165) is 28.4 Å². The third-order valence-electron chi connectivity index (χ3n) is 3.84. The van der Waals surface area contributed by atoms with E-state index in [0.29, 0.717) is 17.3 Å². The number of sulfonamides is 1. The van der Waals surface area contributed by atoms with Gasteiger partial charge in [0.15, 0.2) is 0 Å². The van der Waals surface area contributed by atoms with Crippen LogP contribution in [0.2, 0.25) is 0 Å². The molecule has 1 aliphatic rings. The monoisotopic (exact) mass is 393 g/mol. The van der Waals surface area contributed by atoms with Crippen LogP contribution in [0.5, 0.6) is 0 Å². The largest absolute Gasteiger partial charge is 0.316 e. The summed E-state index contributed by atoms with van der Waals surface area (Å²) >= 11 is 2.88. The van der Waals surface area contributed by atoms with Crippen molar-refractivity contribution >= 4 is 45.1 Å². The summed E-state index contributed by atoms with van der Waals surface area (Å²) in [4.78, 5) is 5.33. The molecule has 3 heterocycles. The van der Waals surface area contributed by atoms with Crippen LogP contribution in [0.4, 0.5) is 0 Å². The first-order valence-corrected chi connectivity index (χ1v) is 10.3. The maximum Gasteiger partial charge on any atom is 0.252 e. The molecule has 0 radical (unpaired) electrons. The highest BCUT2D eigenvalue weighted by atomic mass is 35.5. The molecule has 128 valence electrons. The van der Waals surface area contributed by atoms with E-state index < -0.39 is 10.0 Å². The van der Waals surface area contributed by atoms with Crippen molar-refractivity contribution in [2.75, 3.05) is 20.1 Å². The first kappa shape index (κ1) is 18.8. The molecule has 5 nitrogen and oxygen atoms in total. The molecular weight excluding hydrogens is 374 g/mol. The highest BCUT2D eigenvalue weighted by molar-refractivity contribution is 7.91. The molecule has 1 unspecified atom stereocenters. The minimum absolute atomic E-state index is 0. The molecule has 0 saturated carbocycles. The van der Waals surface area contributed by atoms with E-state index in [1.807, 2.05) is 25.4 Å². The van der Waals surface area contributed by atoms with Crippen molar-refractivity contribution in [3.8, 4) is 10.6 Å². The smallest absolute Gasteiger partial charge is 0.252 e. The molecule has 0 amide bonds.